The predicted molar refractivity (Wildman–Crippen MR) is 127 cm³/mol. The molecule has 0 spiro atoms. The molecule has 1 fully saturated rings. The van der Waals surface area contributed by atoms with Crippen LogP contribution in [0.5, 0.6) is 0 Å². The summed E-state index contributed by atoms with van der Waals surface area (Å²) in [6, 6.07) is 9.32. The summed E-state index contributed by atoms with van der Waals surface area (Å²) >= 11 is 0.627. The quantitative estimate of drug-likeness (QED) is 0.198. The highest BCUT2D eigenvalue weighted by Gasteiger charge is 2.17. The lowest BCUT2D eigenvalue weighted by atomic mass is 10.0. The molecule has 2 rings (SSSR count). The number of hydrogen-bond acceptors (Lipinski definition) is 6. The van der Waals surface area contributed by atoms with Gasteiger partial charge in [0.05, 0.1) is 13.2 Å². The molecular weight excluding hydrogens is 410 g/mol. The first-order valence-corrected chi connectivity index (χ1v) is 11.0. The minimum Gasteiger partial charge on any atom is -0.375 e. The molecule has 0 bridgehead atoms. The van der Waals surface area contributed by atoms with Gasteiger partial charge in [0.2, 0.25) is 0 Å². The van der Waals surface area contributed by atoms with Gasteiger partial charge in [-0.25, -0.2) is 5.26 Å². The standard InChI is InChI=1S/C18H27NO.C7H4O3S/c1-3-6-17-8-10-18(11-9-17)15-20-14-13-19-12-5-4-7-16(19)2;1-2-3-4-5-6-7-11-10-9-8/h3,6,8-11,16H,4-5,7,12-15H2,1-2H3;8H,1H3. The Bertz CT molecular complexity index is 819. The molecule has 0 amide bonds. The van der Waals surface area contributed by atoms with Crippen molar-refractivity contribution in [1.29, 1.82) is 0 Å². The van der Waals surface area contributed by atoms with Crippen LogP contribution in [0, 0.1) is 34.9 Å². The van der Waals surface area contributed by atoms with E-state index in [1.807, 2.05) is 6.92 Å². The Kier molecular flexibility index (Phi) is 16.1. The zero-order chi connectivity index (χ0) is 22.6. The molecule has 0 aliphatic carbocycles. The van der Waals surface area contributed by atoms with Gasteiger partial charge < -0.3 is 4.74 Å². The first kappa shape index (κ1) is 26.8. The molecule has 1 saturated heterocycles. The van der Waals surface area contributed by atoms with Crippen molar-refractivity contribution in [3.63, 3.8) is 0 Å². The topological polar surface area (TPSA) is 51.2 Å². The Morgan fingerprint density at radius 2 is 1.94 bits per heavy atom. The molecule has 1 atom stereocenters. The molecule has 6 heteroatoms. The summed E-state index contributed by atoms with van der Waals surface area (Å²) in [5.74, 6) is 12.3. The van der Waals surface area contributed by atoms with E-state index in [1.165, 1.54) is 36.9 Å². The minimum absolute atomic E-state index is 0.627. The molecule has 1 N–H and O–H groups in total. The Balaban J connectivity index is 0.000000373. The van der Waals surface area contributed by atoms with E-state index in [1.54, 1.807) is 6.92 Å². The second-order valence-electron chi connectivity index (χ2n) is 6.75. The maximum Gasteiger partial charge on any atom is 0.125 e. The molecule has 1 aromatic rings. The number of rotatable bonds is 8. The van der Waals surface area contributed by atoms with Crippen LogP contribution in [0.1, 0.15) is 51.2 Å². The number of ether oxygens (including phenoxy) is 1. The maximum atomic E-state index is 7.64. The SMILES string of the molecule is CC#CC#CC#CSOOO.CC=Cc1ccc(COCCN2CCCCC2C)cc1. The zero-order valence-corrected chi connectivity index (χ0v) is 19.3. The van der Waals surface area contributed by atoms with E-state index in [0.29, 0.717) is 12.0 Å². The van der Waals surface area contributed by atoms with Gasteiger partial charge in [-0.05, 0) is 69.0 Å². The Labute approximate surface area is 191 Å². The molecule has 0 aromatic heterocycles. The number of nitrogens with zero attached hydrogens (tertiary/aromatic N) is 1. The van der Waals surface area contributed by atoms with Crippen molar-refractivity contribution < 1.29 is 19.4 Å². The number of piperidine rings is 1. The lowest BCUT2D eigenvalue weighted by Gasteiger charge is -2.33. The molecule has 166 valence electrons. The van der Waals surface area contributed by atoms with Gasteiger partial charge in [-0.2, -0.15) is 0 Å². The summed E-state index contributed by atoms with van der Waals surface area (Å²) in [6.07, 6.45) is 8.24. The number of allylic oxidation sites excluding steroid dienone is 1. The van der Waals surface area contributed by atoms with Crippen LogP contribution in [-0.4, -0.2) is 35.9 Å². The smallest absolute Gasteiger partial charge is 0.125 e. The van der Waals surface area contributed by atoms with Crippen LogP contribution in [0.2, 0.25) is 0 Å². The van der Waals surface area contributed by atoms with E-state index in [2.05, 4.69) is 92.5 Å². The van der Waals surface area contributed by atoms with E-state index in [-0.39, 0.29) is 0 Å². The first-order valence-electron chi connectivity index (χ1n) is 10.3. The molecule has 5 nitrogen and oxygen atoms in total. The monoisotopic (exact) mass is 441 g/mol. The number of hydrogen-bond donors (Lipinski definition) is 1. The molecule has 0 radical (unpaired) electrons. The summed E-state index contributed by atoms with van der Waals surface area (Å²) in [7, 11) is 0. The molecule has 1 heterocycles. The van der Waals surface area contributed by atoms with Gasteiger partial charge in [0.15, 0.2) is 0 Å². The zero-order valence-electron chi connectivity index (χ0n) is 18.5. The molecular formula is C25H31NO4S. The van der Waals surface area contributed by atoms with Crippen molar-refractivity contribution in [2.75, 3.05) is 19.7 Å². The van der Waals surface area contributed by atoms with E-state index in [4.69, 9.17) is 9.99 Å². The van der Waals surface area contributed by atoms with Crippen molar-refractivity contribution in [1.82, 2.24) is 4.90 Å². The normalized spacial score (nSPS) is 15.4. The highest BCUT2D eigenvalue weighted by molar-refractivity contribution is 7.99. The van der Waals surface area contributed by atoms with Crippen LogP contribution in [0.15, 0.2) is 30.3 Å². The Morgan fingerprint density at radius 3 is 2.61 bits per heavy atom. The van der Waals surface area contributed by atoms with Crippen molar-refractivity contribution in [3.05, 3.63) is 41.5 Å². The van der Waals surface area contributed by atoms with Crippen LogP contribution in [0.3, 0.4) is 0 Å². The molecule has 1 aliphatic heterocycles. The van der Waals surface area contributed by atoms with Gasteiger partial charge in [0.1, 0.15) is 12.0 Å². The molecule has 0 saturated carbocycles. The second-order valence-corrected chi connectivity index (χ2v) is 7.26. The van der Waals surface area contributed by atoms with Gasteiger partial charge in [0.25, 0.3) is 0 Å². The average molecular weight is 442 g/mol. The predicted octanol–water partition coefficient (Wildman–Crippen LogP) is 5.15. The van der Waals surface area contributed by atoms with Crippen LogP contribution in [0.4, 0.5) is 0 Å². The summed E-state index contributed by atoms with van der Waals surface area (Å²) < 4.78 is 9.75. The van der Waals surface area contributed by atoms with Crippen molar-refractivity contribution in [3.8, 4) is 34.9 Å². The third kappa shape index (κ3) is 13.7. The summed E-state index contributed by atoms with van der Waals surface area (Å²) in [5, 5.41) is 13.3. The molecule has 1 aromatic carbocycles. The summed E-state index contributed by atoms with van der Waals surface area (Å²) in [4.78, 5) is 2.55. The first-order chi connectivity index (χ1) is 15.2. The maximum absolute atomic E-state index is 7.64. The van der Waals surface area contributed by atoms with Crippen LogP contribution < -0.4 is 0 Å². The van der Waals surface area contributed by atoms with Crippen LogP contribution in [0.25, 0.3) is 6.08 Å². The largest absolute Gasteiger partial charge is 0.375 e. The number of likely N-dealkylation sites (tertiary alicyclic amines) is 1. The second kappa shape index (κ2) is 18.6. The highest BCUT2D eigenvalue weighted by atomic mass is 32.2. The van der Waals surface area contributed by atoms with E-state index >= 15 is 0 Å². The van der Waals surface area contributed by atoms with Gasteiger partial charge >= 0.3 is 0 Å². The van der Waals surface area contributed by atoms with Crippen LogP contribution >= 0.6 is 12.0 Å². The van der Waals surface area contributed by atoms with Gasteiger partial charge in [-0.3, -0.25) is 4.90 Å². The molecule has 1 unspecified atom stereocenters. The third-order valence-electron chi connectivity index (χ3n) is 4.54. The summed E-state index contributed by atoms with van der Waals surface area (Å²) in [6.45, 7) is 9.91. The lowest BCUT2D eigenvalue weighted by molar-refractivity contribution is -0.431. The van der Waals surface area contributed by atoms with Gasteiger partial charge in [-0.15, -0.1) is 4.33 Å². The van der Waals surface area contributed by atoms with Crippen molar-refractivity contribution >= 4 is 18.1 Å². The third-order valence-corrected chi connectivity index (χ3v) is 4.85. The highest BCUT2D eigenvalue weighted by Crippen LogP contribution is 2.15. The van der Waals surface area contributed by atoms with Crippen molar-refractivity contribution in [2.24, 2.45) is 0 Å². The van der Waals surface area contributed by atoms with Crippen molar-refractivity contribution in [2.45, 2.75) is 52.7 Å². The minimum atomic E-state index is 0.627. The fourth-order valence-electron chi connectivity index (χ4n) is 2.98. The van der Waals surface area contributed by atoms with E-state index < -0.39 is 0 Å². The van der Waals surface area contributed by atoms with Gasteiger partial charge in [-0.1, -0.05) is 53.8 Å². The lowest BCUT2D eigenvalue weighted by Crippen LogP contribution is -2.39. The fourth-order valence-corrected chi connectivity index (χ4v) is 3.14. The van der Waals surface area contributed by atoms with Crippen LogP contribution in [-0.2, 0) is 20.7 Å². The fraction of sp³-hybridized carbons (Fsp3) is 0.440. The molecule has 1 aliphatic rings. The number of benzene rings is 1. The molecule has 31 heavy (non-hydrogen) atoms. The van der Waals surface area contributed by atoms with Gasteiger partial charge in [0, 0.05) is 23.8 Å². The van der Waals surface area contributed by atoms with E-state index in [0.717, 1.165) is 25.8 Å². The summed E-state index contributed by atoms with van der Waals surface area (Å²) in [5.41, 5.74) is 2.50. The average Bonchev–Trinajstić information content (AvgIpc) is 2.79. The Hall–Kier alpha value is -2.21. The van der Waals surface area contributed by atoms with E-state index in [9.17, 15) is 0 Å². The Morgan fingerprint density at radius 1 is 1.16 bits per heavy atom.